The van der Waals surface area contributed by atoms with Crippen molar-refractivity contribution in [1.29, 1.82) is 0 Å². The Morgan fingerprint density at radius 1 is 1.47 bits per heavy atom. The summed E-state index contributed by atoms with van der Waals surface area (Å²) in [5.41, 5.74) is 5.08. The zero-order chi connectivity index (χ0) is 14.6. The van der Waals surface area contributed by atoms with E-state index in [9.17, 15) is 9.59 Å². The topological polar surface area (TPSA) is 84.7 Å². The first-order valence-electron chi connectivity index (χ1n) is 6.70. The monoisotopic (exact) mass is 271 g/mol. The van der Waals surface area contributed by atoms with Crippen LogP contribution in [0.3, 0.4) is 0 Å². The van der Waals surface area contributed by atoms with Gasteiger partial charge in [-0.15, -0.1) is 0 Å². The molecule has 1 saturated heterocycles. The van der Waals surface area contributed by atoms with Crippen LogP contribution in [0.1, 0.15) is 34.1 Å². The largest absolute Gasteiger partial charge is 0.444 e. The lowest BCUT2D eigenvalue weighted by Gasteiger charge is -2.21. The van der Waals surface area contributed by atoms with Gasteiger partial charge in [-0.2, -0.15) is 0 Å². The third-order valence-electron chi connectivity index (χ3n) is 2.92. The van der Waals surface area contributed by atoms with Gasteiger partial charge in [0.15, 0.2) is 0 Å². The van der Waals surface area contributed by atoms with Gasteiger partial charge in [-0.05, 0) is 40.0 Å². The minimum atomic E-state index is -0.489. The smallest absolute Gasteiger partial charge is 0.407 e. The lowest BCUT2D eigenvalue weighted by Crippen LogP contribution is -2.41. The van der Waals surface area contributed by atoms with Crippen LogP contribution in [0, 0.1) is 5.92 Å². The molecule has 0 aromatic carbocycles. The summed E-state index contributed by atoms with van der Waals surface area (Å²) >= 11 is 0. The average molecular weight is 271 g/mol. The number of alkyl carbamates (subject to hydrolysis) is 1. The van der Waals surface area contributed by atoms with E-state index in [-0.39, 0.29) is 11.8 Å². The second-order valence-electron chi connectivity index (χ2n) is 6.11. The molecule has 1 aliphatic rings. The number of hydrogen-bond acceptors (Lipinski definition) is 4. The van der Waals surface area contributed by atoms with Crippen LogP contribution in [0.4, 0.5) is 4.79 Å². The van der Waals surface area contributed by atoms with E-state index in [1.165, 1.54) is 0 Å². The molecule has 110 valence electrons. The molecule has 1 aliphatic heterocycles. The molecule has 6 nitrogen and oxygen atoms in total. The molecule has 1 fully saturated rings. The summed E-state index contributed by atoms with van der Waals surface area (Å²) in [6.07, 6.45) is 0.471. The van der Waals surface area contributed by atoms with Gasteiger partial charge in [-0.3, -0.25) is 4.79 Å². The number of carbonyl (C=O) groups excluding carboxylic acids is 2. The molecule has 0 aromatic rings. The van der Waals surface area contributed by atoms with E-state index in [0.717, 1.165) is 6.42 Å². The molecule has 0 saturated carbocycles. The van der Waals surface area contributed by atoms with Gasteiger partial charge < -0.3 is 20.7 Å². The summed E-state index contributed by atoms with van der Waals surface area (Å²) in [5, 5.41) is 2.74. The number of nitrogens with zero attached hydrogens (tertiary/aromatic N) is 1. The number of hydrogen-bond donors (Lipinski definition) is 2. The first-order valence-corrected chi connectivity index (χ1v) is 6.70. The number of likely N-dealkylation sites (tertiary alicyclic amines) is 1. The predicted molar refractivity (Wildman–Crippen MR) is 72.6 cm³/mol. The van der Waals surface area contributed by atoms with Gasteiger partial charge in [-0.1, -0.05) is 0 Å². The van der Waals surface area contributed by atoms with E-state index in [2.05, 4.69) is 5.32 Å². The van der Waals surface area contributed by atoms with E-state index < -0.39 is 17.7 Å². The molecule has 2 amide bonds. The van der Waals surface area contributed by atoms with Crippen LogP contribution in [-0.4, -0.2) is 48.2 Å². The number of rotatable bonds is 3. The first kappa shape index (κ1) is 15.8. The van der Waals surface area contributed by atoms with Gasteiger partial charge in [-0.25, -0.2) is 4.79 Å². The third-order valence-corrected chi connectivity index (χ3v) is 2.92. The molecule has 1 heterocycles. The van der Waals surface area contributed by atoms with Crippen LogP contribution in [0.25, 0.3) is 0 Å². The highest BCUT2D eigenvalue weighted by Crippen LogP contribution is 2.16. The molecule has 19 heavy (non-hydrogen) atoms. The maximum atomic E-state index is 11.7. The predicted octanol–water partition coefficient (Wildman–Crippen LogP) is 0.707. The summed E-state index contributed by atoms with van der Waals surface area (Å²) in [7, 11) is 0. The molecule has 6 heteroatoms. The number of ether oxygens (including phenoxy) is 1. The molecular formula is C13H25N3O3. The number of nitrogens with one attached hydrogen (secondary N) is 1. The average Bonchev–Trinajstić information content (AvgIpc) is 2.71. The Labute approximate surface area is 114 Å². The van der Waals surface area contributed by atoms with Crippen molar-refractivity contribution < 1.29 is 14.3 Å². The van der Waals surface area contributed by atoms with Gasteiger partial charge in [0.25, 0.3) is 0 Å². The minimum Gasteiger partial charge on any atom is -0.444 e. The highest BCUT2D eigenvalue weighted by molar-refractivity contribution is 5.81. The molecular weight excluding hydrogens is 246 g/mol. The molecule has 1 rings (SSSR count). The summed E-state index contributed by atoms with van der Waals surface area (Å²) in [5.74, 6) is 0.245. The SMILES string of the molecule is C[C@H](N)C(=O)N1CC[C@@H](CNC(=O)OC(C)(C)C)C1. The van der Waals surface area contributed by atoms with Gasteiger partial charge >= 0.3 is 6.09 Å². The Morgan fingerprint density at radius 3 is 2.63 bits per heavy atom. The van der Waals surface area contributed by atoms with Gasteiger partial charge in [0.2, 0.25) is 5.91 Å². The fourth-order valence-electron chi connectivity index (χ4n) is 2.03. The van der Waals surface area contributed by atoms with Crippen molar-refractivity contribution in [2.24, 2.45) is 11.7 Å². The van der Waals surface area contributed by atoms with E-state index in [1.807, 2.05) is 20.8 Å². The normalized spacial score (nSPS) is 21.1. The molecule has 0 spiro atoms. The van der Waals surface area contributed by atoms with Crippen molar-refractivity contribution in [2.45, 2.75) is 45.8 Å². The molecule has 3 N–H and O–H groups in total. The second-order valence-corrected chi connectivity index (χ2v) is 6.11. The Balaban J connectivity index is 2.30. The standard InChI is InChI=1S/C13H25N3O3/c1-9(14)11(17)16-6-5-10(8-16)7-15-12(18)19-13(2,3)4/h9-10H,5-8,14H2,1-4H3,(H,15,18)/t9-,10-/m0/s1. The fraction of sp³-hybridized carbons (Fsp3) is 0.846. The number of carbonyl (C=O) groups is 2. The van der Waals surface area contributed by atoms with E-state index in [0.29, 0.717) is 19.6 Å². The second kappa shape index (κ2) is 6.23. The van der Waals surface area contributed by atoms with Crippen LogP contribution in [0.5, 0.6) is 0 Å². The van der Waals surface area contributed by atoms with Crippen LogP contribution in [0.15, 0.2) is 0 Å². The fourth-order valence-corrected chi connectivity index (χ4v) is 2.03. The molecule has 0 aliphatic carbocycles. The van der Waals surface area contributed by atoms with E-state index >= 15 is 0 Å². The molecule has 0 bridgehead atoms. The van der Waals surface area contributed by atoms with Crippen molar-refractivity contribution in [3.05, 3.63) is 0 Å². The number of nitrogens with two attached hydrogens (primary N) is 1. The quantitative estimate of drug-likeness (QED) is 0.791. The summed E-state index contributed by atoms with van der Waals surface area (Å²) in [6, 6.07) is -0.461. The van der Waals surface area contributed by atoms with Gasteiger partial charge in [0, 0.05) is 19.6 Å². The molecule has 0 aromatic heterocycles. The Bertz CT molecular complexity index is 337. The van der Waals surface area contributed by atoms with Gasteiger partial charge in [0.05, 0.1) is 6.04 Å². The third kappa shape index (κ3) is 5.46. The van der Waals surface area contributed by atoms with Crippen molar-refractivity contribution in [2.75, 3.05) is 19.6 Å². The minimum absolute atomic E-state index is 0.0280. The zero-order valence-electron chi connectivity index (χ0n) is 12.2. The lowest BCUT2D eigenvalue weighted by atomic mass is 10.1. The van der Waals surface area contributed by atoms with Crippen molar-refractivity contribution in [3.63, 3.8) is 0 Å². The maximum absolute atomic E-state index is 11.7. The Kier molecular flexibility index (Phi) is 5.17. The van der Waals surface area contributed by atoms with Crippen LogP contribution in [0.2, 0.25) is 0 Å². The van der Waals surface area contributed by atoms with Crippen LogP contribution >= 0.6 is 0 Å². The Morgan fingerprint density at radius 2 is 2.11 bits per heavy atom. The van der Waals surface area contributed by atoms with E-state index in [4.69, 9.17) is 10.5 Å². The molecule has 0 radical (unpaired) electrons. The zero-order valence-corrected chi connectivity index (χ0v) is 12.2. The highest BCUT2D eigenvalue weighted by atomic mass is 16.6. The highest BCUT2D eigenvalue weighted by Gasteiger charge is 2.28. The maximum Gasteiger partial charge on any atom is 0.407 e. The van der Waals surface area contributed by atoms with Crippen LogP contribution in [-0.2, 0) is 9.53 Å². The number of amides is 2. The summed E-state index contributed by atoms with van der Waals surface area (Å²) < 4.78 is 5.16. The van der Waals surface area contributed by atoms with Crippen molar-refractivity contribution >= 4 is 12.0 Å². The van der Waals surface area contributed by atoms with E-state index in [1.54, 1.807) is 11.8 Å². The summed E-state index contributed by atoms with van der Waals surface area (Å²) in [4.78, 5) is 25.0. The van der Waals surface area contributed by atoms with Gasteiger partial charge in [0.1, 0.15) is 5.60 Å². The van der Waals surface area contributed by atoms with Crippen molar-refractivity contribution in [3.8, 4) is 0 Å². The Hall–Kier alpha value is -1.30. The summed E-state index contributed by atoms with van der Waals surface area (Å²) in [6.45, 7) is 9.05. The van der Waals surface area contributed by atoms with Crippen molar-refractivity contribution in [1.82, 2.24) is 10.2 Å². The first-order chi connectivity index (χ1) is 8.69. The lowest BCUT2D eigenvalue weighted by molar-refractivity contribution is -0.131. The molecule has 2 atom stereocenters. The van der Waals surface area contributed by atoms with Crippen LogP contribution < -0.4 is 11.1 Å². The molecule has 0 unspecified atom stereocenters.